The van der Waals surface area contributed by atoms with E-state index in [9.17, 15) is 9.90 Å². The van der Waals surface area contributed by atoms with Crippen molar-refractivity contribution in [2.75, 3.05) is 0 Å². The van der Waals surface area contributed by atoms with Crippen molar-refractivity contribution >= 4 is 27.4 Å². The zero-order valence-electron chi connectivity index (χ0n) is 11.6. The monoisotopic (exact) mass is 320 g/mol. The number of aromatic carboxylic acids is 1. The number of benzene rings is 2. The summed E-state index contributed by atoms with van der Waals surface area (Å²) in [7, 11) is 0. The number of phenols is 1. The molecular formula is C17H8N2O3S. The van der Waals surface area contributed by atoms with Gasteiger partial charge in [-0.05, 0) is 41.3 Å². The van der Waals surface area contributed by atoms with Gasteiger partial charge in [-0.15, -0.1) is 11.3 Å². The summed E-state index contributed by atoms with van der Waals surface area (Å²) in [6, 6.07) is 13.4. The number of fused-ring (bicyclic) bond motifs is 1. The number of carboxylic acids is 1. The van der Waals surface area contributed by atoms with Crippen molar-refractivity contribution < 1.29 is 15.0 Å². The van der Waals surface area contributed by atoms with Gasteiger partial charge in [-0.3, -0.25) is 0 Å². The van der Waals surface area contributed by atoms with E-state index in [1.807, 2.05) is 0 Å². The van der Waals surface area contributed by atoms with Gasteiger partial charge in [0.2, 0.25) is 0 Å². The van der Waals surface area contributed by atoms with Crippen LogP contribution in [0.5, 0.6) is 5.75 Å². The minimum Gasteiger partial charge on any atom is -0.507 e. The van der Waals surface area contributed by atoms with Gasteiger partial charge in [-0.2, -0.15) is 10.5 Å². The summed E-state index contributed by atoms with van der Waals surface area (Å²) in [6.07, 6.45) is 0. The Kier molecular flexibility index (Phi) is 3.46. The van der Waals surface area contributed by atoms with E-state index in [1.54, 1.807) is 24.3 Å². The molecule has 5 nitrogen and oxygen atoms in total. The predicted octanol–water partition coefficient (Wildman–Crippen LogP) is 3.72. The van der Waals surface area contributed by atoms with Crippen molar-refractivity contribution in [1.82, 2.24) is 0 Å². The van der Waals surface area contributed by atoms with Gasteiger partial charge in [0, 0.05) is 10.3 Å². The molecule has 23 heavy (non-hydrogen) atoms. The number of carboxylic acid groups (broad SMARTS) is 1. The van der Waals surface area contributed by atoms with Crippen molar-refractivity contribution in [3.8, 4) is 29.0 Å². The highest BCUT2D eigenvalue weighted by Crippen LogP contribution is 2.37. The molecule has 2 N–H and O–H groups in total. The molecule has 0 saturated carbocycles. The maximum absolute atomic E-state index is 11.0. The summed E-state index contributed by atoms with van der Waals surface area (Å²) >= 11 is 1.29. The second kappa shape index (κ2) is 5.45. The molecule has 0 aliphatic carbocycles. The SMILES string of the molecule is N#Cc1cc(-c2ccc(C(=O)O)c(O)c2)c2sc(C#N)cc2c1. The lowest BCUT2D eigenvalue weighted by molar-refractivity contribution is 0.0694. The van der Waals surface area contributed by atoms with E-state index in [0.717, 1.165) is 10.1 Å². The van der Waals surface area contributed by atoms with Crippen LogP contribution < -0.4 is 0 Å². The summed E-state index contributed by atoms with van der Waals surface area (Å²) < 4.78 is 0.808. The van der Waals surface area contributed by atoms with Gasteiger partial charge in [-0.1, -0.05) is 6.07 Å². The second-order valence-electron chi connectivity index (χ2n) is 4.81. The maximum atomic E-state index is 11.0. The number of nitrogens with zero attached hydrogens (tertiary/aromatic N) is 2. The quantitative estimate of drug-likeness (QED) is 0.748. The molecule has 1 heterocycles. The van der Waals surface area contributed by atoms with Crippen molar-refractivity contribution in [3.63, 3.8) is 0 Å². The summed E-state index contributed by atoms with van der Waals surface area (Å²) in [5, 5.41) is 37.8. The Labute approximate surface area is 134 Å². The molecular weight excluding hydrogens is 312 g/mol. The van der Waals surface area contributed by atoms with Gasteiger partial charge in [-0.25, -0.2) is 4.79 Å². The molecule has 0 radical (unpaired) electrons. The van der Waals surface area contributed by atoms with E-state index in [-0.39, 0.29) is 11.3 Å². The van der Waals surface area contributed by atoms with Crippen LogP contribution >= 0.6 is 11.3 Å². The Morgan fingerprint density at radius 2 is 1.87 bits per heavy atom. The highest BCUT2D eigenvalue weighted by Gasteiger charge is 2.14. The molecule has 0 unspecified atom stereocenters. The van der Waals surface area contributed by atoms with Crippen LogP contribution in [0.1, 0.15) is 20.8 Å². The molecule has 0 atom stereocenters. The topological polar surface area (TPSA) is 105 Å². The van der Waals surface area contributed by atoms with Gasteiger partial charge >= 0.3 is 5.97 Å². The van der Waals surface area contributed by atoms with Crippen molar-refractivity contribution in [2.45, 2.75) is 0 Å². The van der Waals surface area contributed by atoms with E-state index >= 15 is 0 Å². The van der Waals surface area contributed by atoms with E-state index in [0.29, 0.717) is 21.6 Å². The number of carbonyl (C=O) groups is 1. The molecule has 0 amide bonds. The predicted molar refractivity (Wildman–Crippen MR) is 85.3 cm³/mol. The molecule has 0 aliphatic rings. The Bertz CT molecular complexity index is 1040. The molecule has 0 fully saturated rings. The standard InChI is InChI=1S/C17H8N2O3S/c18-7-9-3-11-5-12(8-19)23-16(11)14(4-9)10-1-2-13(17(21)22)15(20)6-10/h1-6,20H,(H,21,22). The Balaban J connectivity index is 2.29. The highest BCUT2D eigenvalue weighted by atomic mass is 32.1. The van der Waals surface area contributed by atoms with E-state index in [4.69, 9.17) is 15.6 Å². The molecule has 0 spiro atoms. The van der Waals surface area contributed by atoms with Crippen LogP contribution in [0.25, 0.3) is 21.2 Å². The number of hydrogen-bond acceptors (Lipinski definition) is 5. The summed E-state index contributed by atoms with van der Waals surface area (Å²) in [6.45, 7) is 0. The van der Waals surface area contributed by atoms with Crippen molar-refractivity contribution in [2.24, 2.45) is 0 Å². The smallest absolute Gasteiger partial charge is 0.339 e. The van der Waals surface area contributed by atoms with E-state index in [2.05, 4.69) is 12.1 Å². The molecule has 3 rings (SSSR count). The lowest BCUT2D eigenvalue weighted by atomic mass is 9.99. The number of rotatable bonds is 2. The van der Waals surface area contributed by atoms with E-state index < -0.39 is 5.97 Å². The fourth-order valence-corrected chi connectivity index (χ4v) is 3.34. The molecule has 6 heteroatoms. The zero-order chi connectivity index (χ0) is 16.6. The van der Waals surface area contributed by atoms with Gasteiger partial charge < -0.3 is 10.2 Å². The highest BCUT2D eigenvalue weighted by molar-refractivity contribution is 7.20. The fraction of sp³-hybridized carbons (Fsp3) is 0. The number of nitriles is 2. The van der Waals surface area contributed by atoms with Crippen LogP contribution in [0.2, 0.25) is 0 Å². The first kappa shape index (κ1) is 14.6. The van der Waals surface area contributed by atoms with Gasteiger partial charge in [0.05, 0.1) is 11.6 Å². The van der Waals surface area contributed by atoms with Crippen LogP contribution in [0.3, 0.4) is 0 Å². The molecule has 0 saturated heterocycles. The third-order valence-electron chi connectivity index (χ3n) is 3.39. The summed E-state index contributed by atoms with van der Waals surface area (Å²) in [4.78, 5) is 11.5. The minimum absolute atomic E-state index is 0.190. The molecule has 2 aromatic carbocycles. The fourth-order valence-electron chi connectivity index (χ4n) is 2.37. The first-order valence-corrected chi connectivity index (χ1v) is 7.29. The lowest BCUT2D eigenvalue weighted by Gasteiger charge is -2.07. The van der Waals surface area contributed by atoms with Gasteiger partial charge in [0.25, 0.3) is 0 Å². The Morgan fingerprint density at radius 3 is 2.48 bits per heavy atom. The third-order valence-corrected chi connectivity index (χ3v) is 4.48. The number of aromatic hydroxyl groups is 1. The van der Waals surface area contributed by atoms with Gasteiger partial charge in [0.1, 0.15) is 22.3 Å². The van der Waals surface area contributed by atoms with Crippen LogP contribution in [0.15, 0.2) is 36.4 Å². The van der Waals surface area contributed by atoms with Crippen molar-refractivity contribution in [3.05, 3.63) is 52.4 Å². The first-order chi connectivity index (χ1) is 11.0. The van der Waals surface area contributed by atoms with Crippen LogP contribution in [-0.4, -0.2) is 16.2 Å². The van der Waals surface area contributed by atoms with Crippen LogP contribution in [0.4, 0.5) is 0 Å². The third kappa shape index (κ3) is 2.48. The minimum atomic E-state index is -1.21. The zero-order valence-corrected chi connectivity index (χ0v) is 12.4. The average Bonchev–Trinajstić information content (AvgIpc) is 2.96. The normalized spacial score (nSPS) is 10.2. The molecule has 110 valence electrons. The average molecular weight is 320 g/mol. The molecule has 0 bridgehead atoms. The van der Waals surface area contributed by atoms with Crippen LogP contribution in [0, 0.1) is 22.7 Å². The van der Waals surface area contributed by atoms with Crippen LogP contribution in [-0.2, 0) is 0 Å². The molecule has 0 aliphatic heterocycles. The van der Waals surface area contributed by atoms with E-state index in [1.165, 1.54) is 23.5 Å². The maximum Gasteiger partial charge on any atom is 0.339 e. The summed E-state index contributed by atoms with van der Waals surface area (Å²) in [5.41, 5.74) is 1.50. The Morgan fingerprint density at radius 1 is 1.09 bits per heavy atom. The Hall–Kier alpha value is -3.35. The molecule has 3 aromatic rings. The lowest BCUT2D eigenvalue weighted by Crippen LogP contribution is -1.96. The first-order valence-electron chi connectivity index (χ1n) is 6.48. The number of hydrogen-bond donors (Lipinski definition) is 2. The summed E-state index contributed by atoms with van der Waals surface area (Å²) in [5.74, 6) is -1.56. The number of thiophene rings is 1. The largest absolute Gasteiger partial charge is 0.507 e. The molecule has 1 aromatic heterocycles. The van der Waals surface area contributed by atoms with Crippen molar-refractivity contribution in [1.29, 1.82) is 10.5 Å². The van der Waals surface area contributed by atoms with Gasteiger partial charge in [0.15, 0.2) is 0 Å². The second-order valence-corrected chi connectivity index (χ2v) is 5.87.